The summed E-state index contributed by atoms with van der Waals surface area (Å²) in [7, 11) is 1.49. The molecule has 1 aromatic carbocycles. The average Bonchev–Trinajstić information content (AvgIpc) is 2.11. The van der Waals surface area contributed by atoms with Crippen molar-refractivity contribution in [2.45, 2.75) is 0 Å². The molecule has 0 atom stereocenters. The van der Waals surface area contributed by atoms with Crippen LogP contribution in [0.1, 0.15) is 0 Å². The van der Waals surface area contributed by atoms with Gasteiger partial charge >= 0.3 is 6.03 Å². The van der Waals surface area contributed by atoms with E-state index in [1.807, 2.05) is 0 Å². The number of urea groups is 1. The summed E-state index contributed by atoms with van der Waals surface area (Å²) in [5, 5.41) is 13.9. The molecule has 0 aliphatic carbocycles. The maximum atomic E-state index is 10.9. The Kier molecular flexibility index (Phi) is 2.59. The number of carbonyl (C=O) groups excluding carboxylic acids is 1. The highest BCUT2D eigenvalue weighted by Crippen LogP contribution is 2.23. The number of carbonyl (C=O) groups is 1. The fourth-order valence-electron chi connectivity index (χ4n) is 0.837. The van der Waals surface area contributed by atoms with E-state index in [4.69, 9.17) is 10.8 Å². The molecule has 70 valence electrons. The molecule has 0 aliphatic rings. The highest BCUT2D eigenvalue weighted by atomic mass is 16.3. The van der Waals surface area contributed by atoms with Crippen molar-refractivity contribution in [2.75, 3.05) is 18.1 Å². The Hall–Kier alpha value is -1.91. The summed E-state index contributed by atoms with van der Waals surface area (Å²) < 4.78 is 0. The van der Waals surface area contributed by atoms with Gasteiger partial charge in [0.15, 0.2) is 0 Å². The molecule has 0 bridgehead atoms. The zero-order valence-electron chi connectivity index (χ0n) is 7.16. The van der Waals surface area contributed by atoms with Crippen molar-refractivity contribution in [3.8, 4) is 5.75 Å². The van der Waals surface area contributed by atoms with E-state index in [0.717, 1.165) is 0 Å². The van der Waals surface area contributed by atoms with Crippen LogP contribution in [0.25, 0.3) is 0 Å². The van der Waals surface area contributed by atoms with Gasteiger partial charge < -0.3 is 21.5 Å². The molecule has 0 unspecified atom stereocenters. The number of nitrogen functional groups attached to an aromatic ring is 1. The molecule has 0 saturated heterocycles. The number of aromatic hydroxyl groups is 1. The van der Waals surface area contributed by atoms with E-state index in [0.29, 0.717) is 11.4 Å². The van der Waals surface area contributed by atoms with Crippen LogP contribution in [0.3, 0.4) is 0 Å². The lowest BCUT2D eigenvalue weighted by molar-refractivity contribution is 0.254. The second kappa shape index (κ2) is 3.66. The van der Waals surface area contributed by atoms with E-state index in [-0.39, 0.29) is 11.8 Å². The maximum absolute atomic E-state index is 10.9. The van der Waals surface area contributed by atoms with Crippen molar-refractivity contribution in [1.29, 1.82) is 0 Å². The van der Waals surface area contributed by atoms with Crippen LogP contribution in [0.2, 0.25) is 0 Å². The van der Waals surface area contributed by atoms with Gasteiger partial charge in [0.05, 0.1) is 11.4 Å². The summed E-state index contributed by atoms with van der Waals surface area (Å²) in [4.78, 5) is 10.9. The van der Waals surface area contributed by atoms with Crippen molar-refractivity contribution in [3.05, 3.63) is 18.2 Å². The van der Waals surface area contributed by atoms with Crippen molar-refractivity contribution in [3.63, 3.8) is 0 Å². The molecule has 0 radical (unpaired) electrons. The van der Waals surface area contributed by atoms with Gasteiger partial charge in [0.1, 0.15) is 5.75 Å². The Bertz CT molecular complexity index is 325. The second-order valence-corrected chi connectivity index (χ2v) is 2.48. The highest BCUT2D eigenvalue weighted by Gasteiger charge is 2.03. The predicted molar refractivity (Wildman–Crippen MR) is 50.6 cm³/mol. The zero-order chi connectivity index (χ0) is 9.84. The lowest BCUT2D eigenvalue weighted by Crippen LogP contribution is -2.24. The number of amides is 2. The van der Waals surface area contributed by atoms with Crippen LogP contribution in [0.5, 0.6) is 5.75 Å². The lowest BCUT2D eigenvalue weighted by Gasteiger charge is -2.07. The van der Waals surface area contributed by atoms with Crippen molar-refractivity contribution < 1.29 is 9.90 Å². The fourth-order valence-corrected chi connectivity index (χ4v) is 0.837. The normalized spacial score (nSPS) is 9.31. The Morgan fingerprint density at radius 3 is 2.85 bits per heavy atom. The molecule has 0 heterocycles. The lowest BCUT2D eigenvalue weighted by atomic mass is 10.2. The summed E-state index contributed by atoms with van der Waals surface area (Å²) in [5.74, 6) is 0.0561. The summed E-state index contributed by atoms with van der Waals surface area (Å²) in [6, 6.07) is 3.97. The molecule has 2 amide bonds. The number of anilines is 2. The first-order valence-electron chi connectivity index (χ1n) is 3.70. The SMILES string of the molecule is CNC(=O)Nc1cc(O)ccc1N. The number of hydrogen-bond acceptors (Lipinski definition) is 3. The molecular weight excluding hydrogens is 170 g/mol. The van der Waals surface area contributed by atoms with Gasteiger partial charge in [-0.3, -0.25) is 0 Å². The predicted octanol–water partition coefficient (Wildman–Crippen LogP) is 0.726. The van der Waals surface area contributed by atoms with Crippen LogP contribution in [-0.2, 0) is 0 Å². The first-order valence-corrected chi connectivity index (χ1v) is 3.70. The quantitative estimate of drug-likeness (QED) is 0.380. The fraction of sp³-hybridized carbons (Fsp3) is 0.125. The van der Waals surface area contributed by atoms with Crippen LogP contribution in [0.4, 0.5) is 16.2 Å². The maximum Gasteiger partial charge on any atom is 0.319 e. The molecule has 0 fully saturated rings. The van der Waals surface area contributed by atoms with E-state index < -0.39 is 0 Å². The zero-order valence-corrected chi connectivity index (χ0v) is 7.16. The van der Waals surface area contributed by atoms with E-state index in [9.17, 15) is 4.79 Å². The largest absolute Gasteiger partial charge is 0.508 e. The van der Waals surface area contributed by atoms with Gasteiger partial charge in [-0.25, -0.2) is 4.79 Å². The van der Waals surface area contributed by atoms with Gasteiger partial charge in [0, 0.05) is 13.1 Å². The minimum Gasteiger partial charge on any atom is -0.508 e. The number of nitrogens with one attached hydrogen (secondary N) is 2. The topological polar surface area (TPSA) is 87.4 Å². The molecule has 5 nitrogen and oxygen atoms in total. The molecule has 5 N–H and O–H groups in total. The Morgan fingerprint density at radius 1 is 1.54 bits per heavy atom. The standard InChI is InChI=1S/C8H11N3O2/c1-10-8(13)11-7-4-5(12)2-3-6(7)9/h2-4,12H,9H2,1H3,(H2,10,11,13). The van der Waals surface area contributed by atoms with Crippen molar-refractivity contribution in [2.24, 2.45) is 0 Å². The highest BCUT2D eigenvalue weighted by molar-refractivity contribution is 5.92. The summed E-state index contributed by atoms with van der Waals surface area (Å²) in [5.41, 5.74) is 6.33. The number of phenols is 1. The van der Waals surface area contributed by atoms with E-state index in [1.165, 1.54) is 25.2 Å². The van der Waals surface area contributed by atoms with Crippen LogP contribution in [0, 0.1) is 0 Å². The summed E-state index contributed by atoms with van der Waals surface area (Å²) >= 11 is 0. The van der Waals surface area contributed by atoms with Crippen molar-refractivity contribution in [1.82, 2.24) is 5.32 Å². The third-order valence-electron chi connectivity index (χ3n) is 1.51. The summed E-state index contributed by atoms with van der Waals surface area (Å²) in [6.07, 6.45) is 0. The summed E-state index contributed by atoms with van der Waals surface area (Å²) in [6.45, 7) is 0. The van der Waals surface area contributed by atoms with Gasteiger partial charge in [-0.1, -0.05) is 0 Å². The Morgan fingerprint density at radius 2 is 2.23 bits per heavy atom. The van der Waals surface area contributed by atoms with Crippen LogP contribution >= 0.6 is 0 Å². The van der Waals surface area contributed by atoms with Gasteiger partial charge in [-0.05, 0) is 12.1 Å². The molecule has 0 aromatic heterocycles. The number of benzene rings is 1. The minimum absolute atomic E-state index is 0.0561. The minimum atomic E-state index is -0.378. The van der Waals surface area contributed by atoms with Crippen LogP contribution < -0.4 is 16.4 Å². The molecule has 1 aromatic rings. The third kappa shape index (κ3) is 2.26. The molecule has 13 heavy (non-hydrogen) atoms. The van der Waals surface area contributed by atoms with Gasteiger partial charge in [0.2, 0.25) is 0 Å². The molecule has 0 saturated carbocycles. The second-order valence-electron chi connectivity index (χ2n) is 2.48. The van der Waals surface area contributed by atoms with Crippen LogP contribution in [-0.4, -0.2) is 18.2 Å². The third-order valence-corrected chi connectivity index (χ3v) is 1.51. The number of rotatable bonds is 1. The molecule has 0 aliphatic heterocycles. The van der Waals surface area contributed by atoms with Gasteiger partial charge in [-0.15, -0.1) is 0 Å². The number of hydrogen-bond donors (Lipinski definition) is 4. The molecular formula is C8H11N3O2. The number of phenolic OH excluding ortho intramolecular Hbond substituents is 1. The Balaban J connectivity index is 2.87. The van der Waals surface area contributed by atoms with E-state index in [1.54, 1.807) is 0 Å². The number of nitrogens with two attached hydrogens (primary N) is 1. The Labute approximate surface area is 75.6 Å². The smallest absolute Gasteiger partial charge is 0.319 e. The molecule has 0 spiro atoms. The average molecular weight is 181 g/mol. The van der Waals surface area contributed by atoms with Crippen LogP contribution in [0.15, 0.2) is 18.2 Å². The molecule has 5 heteroatoms. The van der Waals surface area contributed by atoms with Crippen molar-refractivity contribution >= 4 is 17.4 Å². The van der Waals surface area contributed by atoms with E-state index >= 15 is 0 Å². The van der Waals surface area contributed by atoms with Gasteiger partial charge in [-0.2, -0.15) is 0 Å². The first-order chi connectivity index (χ1) is 6.13. The van der Waals surface area contributed by atoms with Gasteiger partial charge in [0.25, 0.3) is 0 Å². The monoisotopic (exact) mass is 181 g/mol. The van der Waals surface area contributed by atoms with E-state index in [2.05, 4.69) is 10.6 Å². The molecule has 1 rings (SSSR count). The first kappa shape index (κ1) is 9.18.